The molecule has 0 aliphatic rings. The summed E-state index contributed by atoms with van der Waals surface area (Å²) >= 11 is 0. The van der Waals surface area contributed by atoms with Gasteiger partial charge in [-0.3, -0.25) is 14.4 Å². The normalized spacial score (nSPS) is 10.9. The fourth-order valence-electron chi connectivity index (χ4n) is 2.88. The lowest BCUT2D eigenvalue weighted by Crippen LogP contribution is -2.48. The Labute approximate surface area is 189 Å². The summed E-state index contributed by atoms with van der Waals surface area (Å²) in [7, 11) is 1.58. The average Bonchev–Trinajstić information content (AvgIpc) is 2.78. The van der Waals surface area contributed by atoms with Crippen molar-refractivity contribution in [2.24, 2.45) is 0 Å². The third kappa shape index (κ3) is 8.37. The van der Waals surface area contributed by atoms with E-state index >= 15 is 0 Å². The molecule has 0 atom stereocenters. The Morgan fingerprint density at radius 2 is 1.75 bits per heavy atom. The standard InChI is InChI=1S/C24H32N4O4/c1-5-24(2,3)27-22(30)17-28(16-18-9-11-19(32-4)12-10-18)23(31)14-13-21(29)26-20-8-6-7-15-25-20/h6-12,15H,5,13-14,16-17H2,1-4H3,(H,27,30)(H,25,26,29). The molecule has 2 N–H and O–H groups in total. The maximum atomic E-state index is 12.9. The molecule has 0 saturated carbocycles. The monoisotopic (exact) mass is 440 g/mol. The maximum Gasteiger partial charge on any atom is 0.240 e. The van der Waals surface area contributed by atoms with Gasteiger partial charge in [-0.1, -0.05) is 25.1 Å². The van der Waals surface area contributed by atoms with Crippen LogP contribution in [0.25, 0.3) is 0 Å². The summed E-state index contributed by atoms with van der Waals surface area (Å²) in [6.45, 7) is 6.02. The maximum absolute atomic E-state index is 12.9. The van der Waals surface area contributed by atoms with E-state index < -0.39 is 0 Å². The van der Waals surface area contributed by atoms with Crippen molar-refractivity contribution in [2.75, 3.05) is 19.0 Å². The van der Waals surface area contributed by atoms with E-state index in [1.165, 1.54) is 4.90 Å². The zero-order chi connectivity index (χ0) is 23.6. The number of benzene rings is 1. The molecule has 1 aromatic heterocycles. The number of anilines is 1. The largest absolute Gasteiger partial charge is 0.497 e. The quantitative estimate of drug-likeness (QED) is 0.559. The lowest BCUT2D eigenvalue weighted by Gasteiger charge is -2.28. The summed E-state index contributed by atoms with van der Waals surface area (Å²) in [6, 6.07) is 12.5. The van der Waals surface area contributed by atoms with Crippen LogP contribution in [0, 0.1) is 0 Å². The van der Waals surface area contributed by atoms with Gasteiger partial charge >= 0.3 is 0 Å². The zero-order valence-electron chi connectivity index (χ0n) is 19.2. The van der Waals surface area contributed by atoms with Crippen molar-refractivity contribution >= 4 is 23.5 Å². The van der Waals surface area contributed by atoms with Crippen LogP contribution in [0.4, 0.5) is 5.82 Å². The van der Waals surface area contributed by atoms with Gasteiger partial charge in [0.1, 0.15) is 11.6 Å². The Morgan fingerprint density at radius 1 is 1.03 bits per heavy atom. The molecule has 0 saturated heterocycles. The molecule has 3 amide bonds. The minimum Gasteiger partial charge on any atom is -0.497 e. The predicted molar refractivity (Wildman–Crippen MR) is 123 cm³/mol. The van der Waals surface area contributed by atoms with Gasteiger partial charge in [-0.15, -0.1) is 0 Å². The molecule has 0 fully saturated rings. The van der Waals surface area contributed by atoms with Crippen molar-refractivity contribution in [3.63, 3.8) is 0 Å². The SMILES string of the molecule is CCC(C)(C)NC(=O)CN(Cc1ccc(OC)cc1)C(=O)CCC(=O)Nc1ccccn1. The van der Waals surface area contributed by atoms with Gasteiger partial charge in [0, 0.05) is 31.1 Å². The number of aromatic nitrogens is 1. The van der Waals surface area contributed by atoms with E-state index in [0.717, 1.165) is 12.0 Å². The lowest BCUT2D eigenvalue weighted by atomic mass is 10.0. The molecule has 0 aliphatic carbocycles. The molecule has 0 spiro atoms. The topological polar surface area (TPSA) is 101 Å². The van der Waals surface area contributed by atoms with Crippen LogP contribution in [-0.4, -0.2) is 46.8 Å². The second-order valence-electron chi connectivity index (χ2n) is 8.15. The Balaban J connectivity index is 2.03. The molecular formula is C24H32N4O4. The summed E-state index contributed by atoms with van der Waals surface area (Å²) in [4.78, 5) is 43.2. The highest BCUT2D eigenvalue weighted by Crippen LogP contribution is 2.15. The van der Waals surface area contributed by atoms with Crippen LogP contribution in [0.2, 0.25) is 0 Å². The van der Waals surface area contributed by atoms with Crippen LogP contribution in [0.15, 0.2) is 48.7 Å². The van der Waals surface area contributed by atoms with Gasteiger partial charge in [0.05, 0.1) is 13.7 Å². The molecule has 1 heterocycles. The Kier molecular flexibility index (Phi) is 9.19. The first kappa shape index (κ1) is 24.8. The number of nitrogens with zero attached hydrogens (tertiary/aromatic N) is 2. The lowest BCUT2D eigenvalue weighted by molar-refractivity contribution is -0.138. The summed E-state index contributed by atoms with van der Waals surface area (Å²) in [5.41, 5.74) is 0.494. The first-order chi connectivity index (χ1) is 15.2. The molecule has 0 radical (unpaired) electrons. The van der Waals surface area contributed by atoms with E-state index in [9.17, 15) is 14.4 Å². The highest BCUT2D eigenvalue weighted by Gasteiger charge is 2.23. The molecule has 2 aromatic rings. The first-order valence-electron chi connectivity index (χ1n) is 10.6. The number of amides is 3. The van der Waals surface area contributed by atoms with Gasteiger partial charge in [-0.25, -0.2) is 4.98 Å². The van der Waals surface area contributed by atoms with Gasteiger partial charge in [-0.05, 0) is 50.1 Å². The smallest absolute Gasteiger partial charge is 0.240 e. The second-order valence-corrected chi connectivity index (χ2v) is 8.15. The number of carbonyl (C=O) groups excluding carboxylic acids is 3. The zero-order valence-corrected chi connectivity index (χ0v) is 19.2. The molecule has 32 heavy (non-hydrogen) atoms. The number of hydrogen-bond donors (Lipinski definition) is 2. The van der Waals surface area contributed by atoms with E-state index in [1.807, 2.05) is 32.9 Å². The highest BCUT2D eigenvalue weighted by molar-refractivity contribution is 5.93. The number of hydrogen-bond acceptors (Lipinski definition) is 5. The number of carbonyl (C=O) groups is 3. The summed E-state index contributed by atoms with van der Waals surface area (Å²) in [6.07, 6.45) is 2.32. The van der Waals surface area contributed by atoms with Crippen LogP contribution in [0.3, 0.4) is 0 Å². The van der Waals surface area contributed by atoms with Crippen LogP contribution in [-0.2, 0) is 20.9 Å². The van der Waals surface area contributed by atoms with Crippen LogP contribution >= 0.6 is 0 Å². The van der Waals surface area contributed by atoms with Crippen molar-refractivity contribution in [3.8, 4) is 5.75 Å². The molecule has 1 aromatic carbocycles. The second kappa shape index (κ2) is 11.8. The van der Waals surface area contributed by atoms with E-state index in [-0.39, 0.29) is 49.2 Å². The van der Waals surface area contributed by atoms with Gasteiger partial charge in [-0.2, -0.15) is 0 Å². The fourth-order valence-corrected chi connectivity index (χ4v) is 2.88. The van der Waals surface area contributed by atoms with Crippen molar-refractivity contribution in [1.29, 1.82) is 0 Å². The Hall–Kier alpha value is -3.42. The molecular weight excluding hydrogens is 408 g/mol. The predicted octanol–water partition coefficient (Wildman–Crippen LogP) is 3.14. The molecule has 8 nitrogen and oxygen atoms in total. The highest BCUT2D eigenvalue weighted by atomic mass is 16.5. The number of nitrogens with one attached hydrogen (secondary N) is 2. The number of methoxy groups -OCH3 is 1. The van der Waals surface area contributed by atoms with E-state index in [0.29, 0.717) is 11.6 Å². The van der Waals surface area contributed by atoms with E-state index in [2.05, 4.69) is 15.6 Å². The van der Waals surface area contributed by atoms with Gasteiger partial charge in [0.25, 0.3) is 0 Å². The number of ether oxygens (including phenoxy) is 1. The minimum atomic E-state index is -0.367. The van der Waals surface area contributed by atoms with Crippen LogP contribution in [0.1, 0.15) is 45.6 Å². The first-order valence-corrected chi connectivity index (χ1v) is 10.6. The van der Waals surface area contributed by atoms with Crippen molar-refractivity contribution in [2.45, 2.75) is 52.1 Å². The molecule has 8 heteroatoms. The number of rotatable bonds is 11. The van der Waals surface area contributed by atoms with E-state index in [1.54, 1.807) is 43.6 Å². The summed E-state index contributed by atoms with van der Waals surface area (Å²) in [5.74, 6) is 0.317. The van der Waals surface area contributed by atoms with Crippen LogP contribution in [0.5, 0.6) is 5.75 Å². The molecule has 2 rings (SSSR count). The average molecular weight is 441 g/mol. The van der Waals surface area contributed by atoms with Gasteiger partial charge < -0.3 is 20.3 Å². The van der Waals surface area contributed by atoms with Crippen molar-refractivity contribution in [1.82, 2.24) is 15.2 Å². The van der Waals surface area contributed by atoms with Crippen molar-refractivity contribution < 1.29 is 19.1 Å². The summed E-state index contributed by atoms with van der Waals surface area (Å²) < 4.78 is 5.17. The Bertz CT molecular complexity index is 898. The van der Waals surface area contributed by atoms with Gasteiger partial charge in [0.15, 0.2) is 0 Å². The third-order valence-electron chi connectivity index (χ3n) is 5.08. The molecule has 0 unspecified atom stereocenters. The minimum absolute atomic E-state index is 0.00338. The van der Waals surface area contributed by atoms with E-state index in [4.69, 9.17) is 4.74 Å². The van der Waals surface area contributed by atoms with Gasteiger partial charge in [0.2, 0.25) is 17.7 Å². The third-order valence-corrected chi connectivity index (χ3v) is 5.08. The van der Waals surface area contributed by atoms with Crippen LogP contribution < -0.4 is 15.4 Å². The molecule has 0 bridgehead atoms. The Morgan fingerprint density at radius 3 is 2.34 bits per heavy atom. The van der Waals surface area contributed by atoms with Crippen molar-refractivity contribution in [3.05, 3.63) is 54.2 Å². The molecule has 172 valence electrons. The summed E-state index contributed by atoms with van der Waals surface area (Å²) in [5, 5.41) is 5.62. The molecule has 0 aliphatic heterocycles. The fraction of sp³-hybridized carbons (Fsp3) is 0.417. The number of pyridine rings is 1.